The Morgan fingerprint density at radius 2 is 1.90 bits per heavy atom. The SMILES string of the molecule is CCC(CC)C(Br)CNC(=O)c1ccccc1OC(F)F. The molecule has 0 saturated carbocycles. The Balaban J connectivity index is 2.68. The lowest BCUT2D eigenvalue weighted by atomic mass is 9.99. The summed E-state index contributed by atoms with van der Waals surface area (Å²) < 4.78 is 29.0. The molecule has 21 heavy (non-hydrogen) atoms. The fourth-order valence-corrected chi connectivity index (χ4v) is 3.01. The van der Waals surface area contributed by atoms with Gasteiger partial charge in [-0.3, -0.25) is 4.79 Å². The Hall–Kier alpha value is -1.17. The summed E-state index contributed by atoms with van der Waals surface area (Å²) in [5, 5.41) is 2.75. The summed E-state index contributed by atoms with van der Waals surface area (Å²) in [6.45, 7) is 1.67. The lowest BCUT2D eigenvalue weighted by Crippen LogP contribution is -2.33. The molecule has 0 spiro atoms. The van der Waals surface area contributed by atoms with Crippen molar-refractivity contribution in [3.8, 4) is 5.75 Å². The molecule has 1 unspecified atom stereocenters. The zero-order valence-corrected chi connectivity index (χ0v) is 13.7. The number of halogens is 3. The van der Waals surface area contributed by atoms with Crippen LogP contribution in [0.4, 0.5) is 8.78 Å². The molecule has 118 valence electrons. The number of hydrogen-bond donors (Lipinski definition) is 1. The molecule has 0 bridgehead atoms. The molecule has 1 N–H and O–H groups in total. The van der Waals surface area contributed by atoms with Gasteiger partial charge in [-0.2, -0.15) is 8.78 Å². The third kappa shape index (κ3) is 5.61. The first-order chi connectivity index (χ1) is 9.99. The van der Waals surface area contributed by atoms with Gasteiger partial charge in [0.05, 0.1) is 5.56 Å². The molecule has 3 nitrogen and oxygen atoms in total. The van der Waals surface area contributed by atoms with Crippen LogP contribution in [0, 0.1) is 5.92 Å². The van der Waals surface area contributed by atoms with Crippen LogP contribution in [0.25, 0.3) is 0 Å². The molecule has 1 rings (SSSR count). The highest BCUT2D eigenvalue weighted by atomic mass is 79.9. The molecule has 0 radical (unpaired) electrons. The zero-order chi connectivity index (χ0) is 15.8. The van der Waals surface area contributed by atoms with E-state index in [4.69, 9.17) is 0 Å². The topological polar surface area (TPSA) is 38.3 Å². The first kappa shape index (κ1) is 17.9. The van der Waals surface area contributed by atoms with Crippen LogP contribution in [0.1, 0.15) is 37.0 Å². The first-order valence-corrected chi connectivity index (χ1v) is 7.87. The first-order valence-electron chi connectivity index (χ1n) is 6.95. The Morgan fingerprint density at radius 3 is 2.48 bits per heavy atom. The van der Waals surface area contributed by atoms with Crippen LogP contribution in [0.2, 0.25) is 0 Å². The van der Waals surface area contributed by atoms with Gasteiger partial charge in [0.15, 0.2) is 0 Å². The van der Waals surface area contributed by atoms with Crippen LogP contribution >= 0.6 is 15.9 Å². The lowest BCUT2D eigenvalue weighted by molar-refractivity contribution is -0.0501. The van der Waals surface area contributed by atoms with E-state index < -0.39 is 12.5 Å². The quantitative estimate of drug-likeness (QED) is 0.702. The molecule has 1 aromatic carbocycles. The smallest absolute Gasteiger partial charge is 0.387 e. The van der Waals surface area contributed by atoms with Crippen molar-refractivity contribution in [2.24, 2.45) is 5.92 Å². The Bertz CT molecular complexity index is 453. The van der Waals surface area contributed by atoms with Crippen molar-refractivity contribution >= 4 is 21.8 Å². The van der Waals surface area contributed by atoms with Crippen molar-refractivity contribution < 1.29 is 18.3 Å². The number of benzene rings is 1. The third-order valence-electron chi connectivity index (χ3n) is 3.37. The average molecular weight is 364 g/mol. The standard InChI is InChI=1S/C15H20BrF2NO2/c1-3-10(4-2)12(16)9-19-14(20)11-7-5-6-8-13(11)21-15(17)18/h5-8,10,12,15H,3-4,9H2,1-2H3,(H,19,20). The summed E-state index contributed by atoms with van der Waals surface area (Å²) in [6.07, 6.45) is 2.01. The minimum atomic E-state index is -2.95. The van der Waals surface area contributed by atoms with Crippen molar-refractivity contribution in [2.45, 2.75) is 38.1 Å². The maximum Gasteiger partial charge on any atom is 0.387 e. The molecular weight excluding hydrogens is 344 g/mol. The lowest BCUT2D eigenvalue weighted by Gasteiger charge is -2.20. The van der Waals surface area contributed by atoms with Gasteiger partial charge in [0.2, 0.25) is 0 Å². The van der Waals surface area contributed by atoms with Gasteiger partial charge in [-0.15, -0.1) is 0 Å². The van der Waals surface area contributed by atoms with E-state index in [0.717, 1.165) is 12.8 Å². The van der Waals surface area contributed by atoms with E-state index in [9.17, 15) is 13.6 Å². The highest BCUT2D eigenvalue weighted by molar-refractivity contribution is 9.09. The Kier molecular flexibility index (Phi) is 7.64. The summed E-state index contributed by atoms with van der Waals surface area (Å²) in [6, 6.07) is 5.98. The molecule has 0 aliphatic heterocycles. The summed E-state index contributed by atoms with van der Waals surface area (Å²) in [5.41, 5.74) is 0.113. The zero-order valence-electron chi connectivity index (χ0n) is 12.1. The van der Waals surface area contributed by atoms with Gasteiger partial charge >= 0.3 is 6.61 Å². The van der Waals surface area contributed by atoms with E-state index in [1.807, 2.05) is 0 Å². The van der Waals surface area contributed by atoms with Crippen LogP contribution in [0.5, 0.6) is 5.75 Å². The van der Waals surface area contributed by atoms with E-state index in [0.29, 0.717) is 12.5 Å². The number of carbonyl (C=O) groups is 1. The average Bonchev–Trinajstić information content (AvgIpc) is 2.46. The second-order valence-electron chi connectivity index (χ2n) is 4.68. The maximum absolute atomic E-state index is 12.3. The van der Waals surface area contributed by atoms with Crippen molar-refractivity contribution in [1.82, 2.24) is 5.32 Å². The number of nitrogens with one attached hydrogen (secondary N) is 1. The van der Waals surface area contributed by atoms with Crippen molar-refractivity contribution in [3.05, 3.63) is 29.8 Å². The predicted molar refractivity (Wildman–Crippen MR) is 82.2 cm³/mol. The van der Waals surface area contributed by atoms with Crippen LogP contribution < -0.4 is 10.1 Å². The predicted octanol–water partition coefficient (Wildman–Crippen LogP) is 4.22. The minimum Gasteiger partial charge on any atom is -0.434 e. The van der Waals surface area contributed by atoms with Crippen molar-refractivity contribution in [3.63, 3.8) is 0 Å². The normalized spacial score (nSPS) is 12.5. The molecule has 1 amide bonds. The molecule has 0 aliphatic rings. The van der Waals surface area contributed by atoms with Crippen molar-refractivity contribution in [1.29, 1.82) is 0 Å². The van der Waals surface area contributed by atoms with E-state index in [1.165, 1.54) is 12.1 Å². The number of hydrogen-bond acceptors (Lipinski definition) is 2. The highest BCUT2D eigenvalue weighted by Gasteiger charge is 2.19. The van der Waals surface area contributed by atoms with Gasteiger partial charge in [0.25, 0.3) is 5.91 Å². The van der Waals surface area contributed by atoms with Crippen molar-refractivity contribution in [2.75, 3.05) is 6.54 Å². The molecule has 1 atom stereocenters. The monoisotopic (exact) mass is 363 g/mol. The Labute approximate surface area is 132 Å². The van der Waals surface area contributed by atoms with E-state index in [-0.39, 0.29) is 16.1 Å². The fourth-order valence-electron chi connectivity index (χ4n) is 2.11. The number of alkyl halides is 3. The summed E-state index contributed by atoms with van der Waals surface area (Å²) in [7, 11) is 0. The van der Waals surface area contributed by atoms with Gasteiger partial charge in [-0.05, 0) is 18.1 Å². The molecular formula is C15H20BrF2NO2. The molecule has 0 aliphatic carbocycles. The number of para-hydroxylation sites is 1. The van der Waals surface area contributed by atoms with Gasteiger partial charge < -0.3 is 10.1 Å². The molecule has 0 heterocycles. The molecule has 0 saturated heterocycles. The van der Waals surface area contributed by atoms with Crippen LogP contribution in [0.15, 0.2) is 24.3 Å². The van der Waals surface area contributed by atoms with Crippen LogP contribution in [0.3, 0.4) is 0 Å². The van der Waals surface area contributed by atoms with Crippen LogP contribution in [-0.4, -0.2) is 23.9 Å². The number of amides is 1. The van der Waals surface area contributed by atoms with E-state index >= 15 is 0 Å². The maximum atomic E-state index is 12.3. The van der Waals surface area contributed by atoms with E-state index in [1.54, 1.807) is 12.1 Å². The molecule has 0 fully saturated rings. The number of ether oxygens (including phenoxy) is 1. The molecule has 6 heteroatoms. The summed E-state index contributed by atoms with van der Waals surface area (Å²) in [4.78, 5) is 12.2. The Morgan fingerprint density at radius 1 is 1.29 bits per heavy atom. The van der Waals surface area contributed by atoms with Crippen LogP contribution in [-0.2, 0) is 0 Å². The van der Waals surface area contributed by atoms with E-state index in [2.05, 4.69) is 39.8 Å². The second-order valence-corrected chi connectivity index (χ2v) is 5.85. The number of carbonyl (C=O) groups excluding carboxylic acids is 1. The van der Waals surface area contributed by atoms with Gasteiger partial charge in [-0.25, -0.2) is 0 Å². The fraction of sp³-hybridized carbons (Fsp3) is 0.533. The molecule has 0 aromatic heterocycles. The summed E-state index contributed by atoms with van der Waals surface area (Å²) in [5.74, 6) is -0.0711. The highest BCUT2D eigenvalue weighted by Crippen LogP contribution is 2.22. The summed E-state index contributed by atoms with van der Waals surface area (Å²) >= 11 is 3.56. The molecule has 1 aromatic rings. The second kappa shape index (κ2) is 8.97. The largest absolute Gasteiger partial charge is 0.434 e. The van der Waals surface area contributed by atoms with Gasteiger partial charge in [0.1, 0.15) is 5.75 Å². The minimum absolute atomic E-state index is 0.112. The number of rotatable bonds is 8. The van der Waals surface area contributed by atoms with Gasteiger partial charge in [0, 0.05) is 11.4 Å². The van der Waals surface area contributed by atoms with Gasteiger partial charge in [-0.1, -0.05) is 54.8 Å². The third-order valence-corrected chi connectivity index (χ3v) is 4.44.